The van der Waals surface area contributed by atoms with E-state index in [-0.39, 0.29) is 17.4 Å². The number of H-pyrrole nitrogens is 2. The van der Waals surface area contributed by atoms with Crippen LogP contribution in [0.5, 0.6) is 0 Å². The Morgan fingerprint density at radius 3 is 2.38 bits per heavy atom. The van der Waals surface area contributed by atoms with Crippen LogP contribution < -0.4 is 21.1 Å². The third kappa shape index (κ3) is 5.04. The number of anilines is 4. The molecule has 4 aromatic rings. The van der Waals surface area contributed by atoms with Crippen LogP contribution in [0.4, 0.5) is 22.7 Å². The number of nitrogens with zero attached hydrogens (tertiary/aromatic N) is 3. The molecule has 4 heterocycles. The monoisotopic (exact) mass is 499 g/mol. The molecule has 4 N–H and O–H groups in total. The van der Waals surface area contributed by atoms with Gasteiger partial charge in [0.05, 0.1) is 29.3 Å². The van der Waals surface area contributed by atoms with Crippen LogP contribution in [0.3, 0.4) is 0 Å². The lowest BCUT2D eigenvalue weighted by atomic mass is 10.1. The molecule has 190 valence electrons. The van der Waals surface area contributed by atoms with Gasteiger partial charge >= 0.3 is 0 Å². The summed E-state index contributed by atoms with van der Waals surface area (Å²) in [6.45, 7) is 6.72. The zero-order valence-corrected chi connectivity index (χ0v) is 20.7. The van der Waals surface area contributed by atoms with Gasteiger partial charge in [0.2, 0.25) is 5.91 Å². The Hall–Kier alpha value is -4.60. The van der Waals surface area contributed by atoms with Gasteiger partial charge in [-0.15, -0.1) is 0 Å². The average Bonchev–Trinajstić information content (AvgIpc) is 3.39. The largest absolute Gasteiger partial charge is 0.368 e. The highest BCUT2D eigenvalue weighted by Gasteiger charge is 2.23. The van der Waals surface area contributed by atoms with Crippen LogP contribution in [0.1, 0.15) is 24.2 Å². The highest BCUT2D eigenvalue weighted by molar-refractivity contribution is 6.08. The Kier molecular flexibility index (Phi) is 6.63. The molecule has 3 aromatic heterocycles. The van der Waals surface area contributed by atoms with Crippen molar-refractivity contribution in [3.05, 3.63) is 77.1 Å². The van der Waals surface area contributed by atoms with Crippen LogP contribution >= 0.6 is 0 Å². The van der Waals surface area contributed by atoms with Crippen LogP contribution in [0.2, 0.25) is 0 Å². The fraction of sp³-hybridized carbons (Fsp3) is 0.259. The maximum absolute atomic E-state index is 13.2. The maximum atomic E-state index is 13.2. The van der Waals surface area contributed by atoms with Gasteiger partial charge in [-0.25, -0.2) is 0 Å². The van der Waals surface area contributed by atoms with Gasteiger partial charge in [-0.05, 0) is 36.4 Å². The second-order valence-corrected chi connectivity index (χ2v) is 9.31. The van der Waals surface area contributed by atoms with Crippen molar-refractivity contribution in [1.82, 2.24) is 19.9 Å². The van der Waals surface area contributed by atoms with Crippen LogP contribution in [-0.4, -0.2) is 57.8 Å². The number of nitrogens with one attached hydrogen (secondary N) is 4. The molecular weight excluding hydrogens is 470 g/mol. The van der Waals surface area contributed by atoms with E-state index in [1.165, 1.54) is 6.20 Å². The Morgan fingerprint density at radius 2 is 1.65 bits per heavy atom. The minimum atomic E-state index is -0.521. The maximum Gasteiger partial charge on any atom is 0.263 e. The Balaban J connectivity index is 1.28. The third-order valence-corrected chi connectivity index (χ3v) is 6.51. The SMILES string of the molecule is CC(C)C(=O)N1CCN(c2ccc(NC(=O)c3c(Nc4cncc5[nH]ccc45)cc[nH]c3=O)cc2)CC1. The van der Waals surface area contributed by atoms with Crippen molar-refractivity contribution in [3.63, 3.8) is 0 Å². The molecule has 1 fully saturated rings. The van der Waals surface area contributed by atoms with E-state index in [0.29, 0.717) is 30.2 Å². The summed E-state index contributed by atoms with van der Waals surface area (Å²) in [7, 11) is 0. The van der Waals surface area contributed by atoms with Crippen LogP contribution in [0.15, 0.2) is 66.0 Å². The summed E-state index contributed by atoms with van der Waals surface area (Å²) >= 11 is 0. The quantitative estimate of drug-likeness (QED) is 0.321. The molecule has 0 bridgehead atoms. The summed E-state index contributed by atoms with van der Waals surface area (Å²) in [5.41, 5.74) is 2.97. The molecule has 0 atom stereocenters. The molecule has 2 amide bonds. The molecular formula is C27H29N7O3. The number of rotatable bonds is 6. The highest BCUT2D eigenvalue weighted by atomic mass is 16.2. The van der Waals surface area contributed by atoms with E-state index in [0.717, 1.165) is 29.7 Å². The first kappa shape index (κ1) is 24.1. The molecule has 1 aliphatic rings. The third-order valence-electron chi connectivity index (χ3n) is 6.51. The van der Waals surface area contributed by atoms with E-state index in [4.69, 9.17) is 0 Å². The minimum Gasteiger partial charge on any atom is -0.368 e. The number of piperazine rings is 1. The fourth-order valence-electron chi connectivity index (χ4n) is 4.53. The molecule has 0 aliphatic carbocycles. The first-order valence-corrected chi connectivity index (χ1v) is 12.3. The topological polar surface area (TPSA) is 126 Å². The summed E-state index contributed by atoms with van der Waals surface area (Å²) in [6.07, 6.45) is 6.66. The van der Waals surface area contributed by atoms with Crippen molar-refractivity contribution in [2.24, 2.45) is 5.92 Å². The normalized spacial score (nSPS) is 13.7. The fourth-order valence-corrected chi connectivity index (χ4v) is 4.53. The lowest BCUT2D eigenvalue weighted by Gasteiger charge is -2.37. The van der Waals surface area contributed by atoms with E-state index >= 15 is 0 Å². The Labute approximate surface area is 213 Å². The summed E-state index contributed by atoms with van der Waals surface area (Å²) in [5, 5.41) is 6.91. The second-order valence-electron chi connectivity index (χ2n) is 9.31. The van der Waals surface area contributed by atoms with E-state index in [9.17, 15) is 14.4 Å². The number of aromatic amines is 2. The summed E-state index contributed by atoms with van der Waals surface area (Å²) in [5.74, 6) is -0.336. The number of carbonyl (C=O) groups excluding carboxylic acids is 2. The molecule has 1 aromatic carbocycles. The molecule has 0 unspecified atom stereocenters. The number of pyridine rings is 2. The molecule has 0 radical (unpaired) electrons. The number of hydrogen-bond acceptors (Lipinski definition) is 6. The van der Waals surface area contributed by atoms with Gasteiger partial charge in [-0.3, -0.25) is 19.4 Å². The standard InChI is InChI=1S/C27H29N7O3/c1-17(2)27(37)34-13-11-33(12-14-34)19-5-3-18(4-6-19)31-26(36)24-21(8-10-30-25(24)35)32-23-16-28-15-22-20(23)7-9-29-22/h3-10,15-17,29H,11-14H2,1-2H3,(H,31,36)(H2,30,32,35). The van der Waals surface area contributed by atoms with Crippen LogP contribution in [0.25, 0.3) is 10.9 Å². The summed E-state index contributed by atoms with van der Waals surface area (Å²) < 4.78 is 0. The molecule has 0 saturated carbocycles. The van der Waals surface area contributed by atoms with E-state index in [2.05, 4.69) is 30.5 Å². The first-order valence-electron chi connectivity index (χ1n) is 12.3. The van der Waals surface area contributed by atoms with Crippen molar-refractivity contribution < 1.29 is 9.59 Å². The van der Waals surface area contributed by atoms with Crippen molar-refractivity contribution in [3.8, 4) is 0 Å². The summed E-state index contributed by atoms with van der Waals surface area (Å²) in [6, 6.07) is 11.0. The van der Waals surface area contributed by atoms with Crippen molar-refractivity contribution in [2.75, 3.05) is 41.7 Å². The lowest BCUT2D eigenvalue weighted by Crippen LogP contribution is -2.49. The molecule has 1 aliphatic heterocycles. The first-order chi connectivity index (χ1) is 17.9. The number of fused-ring (bicyclic) bond motifs is 1. The highest BCUT2D eigenvalue weighted by Crippen LogP contribution is 2.26. The van der Waals surface area contributed by atoms with Crippen molar-refractivity contribution in [2.45, 2.75) is 13.8 Å². The number of benzene rings is 1. The van der Waals surface area contributed by atoms with Gasteiger partial charge in [0.25, 0.3) is 11.5 Å². The Bertz CT molecular complexity index is 1480. The molecule has 10 heteroatoms. The number of amides is 2. The molecule has 0 spiro atoms. The van der Waals surface area contributed by atoms with Gasteiger partial charge < -0.3 is 30.4 Å². The van der Waals surface area contributed by atoms with Gasteiger partial charge in [-0.1, -0.05) is 13.8 Å². The lowest BCUT2D eigenvalue weighted by molar-refractivity contribution is -0.134. The molecule has 10 nitrogen and oxygen atoms in total. The molecule has 1 saturated heterocycles. The number of hydrogen-bond donors (Lipinski definition) is 4. The van der Waals surface area contributed by atoms with Crippen LogP contribution in [0, 0.1) is 5.92 Å². The zero-order valence-electron chi connectivity index (χ0n) is 20.7. The van der Waals surface area contributed by atoms with Gasteiger partial charge in [0.1, 0.15) is 5.56 Å². The smallest absolute Gasteiger partial charge is 0.263 e. The second kappa shape index (κ2) is 10.2. The zero-order chi connectivity index (χ0) is 25.9. The van der Waals surface area contributed by atoms with Crippen molar-refractivity contribution in [1.29, 1.82) is 0 Å². The summed E-state index contributed by atoms with van der Waals surface area (Å²) in [4.78, 5) is 52.0. The van der Waals surface area contributed by atoms with E-state index in [1.54, 1.807) is 24.7 Å². The molecule has 5 rings (SSSR count). The number of carbonyl (C=O) groups is 2. The average molecular weight is 500 g/mol. The number of aromatic nitrogens is 3. The minimum absolute atomic E-state index is 0.000946. The Morgan fingerprint density at radius 1 is 0.919 bits per heavy atom. The van der Waals surface area contributed by atoms with Gasteiger partial charge in [0.15, 0.2) is 0 Å². The predicted molar refractivity (Wildman–Crippen MR) is 144 cm³/mol. The van der Waals surface area contributed by atoms with Gasteiger partial charge in [0, 0.05) is 61.3 Å². The van der Waals surface area contributed by atoms with E-state index < -0.39 is 11.5 Å². The van der Waals surface area contributed by atoms with Crippen LogP contribution in [-0.2, 0) is 4.79 Å². The molecule has 37 heavy (non-hydrogen) atoms. The van der Waals surface area contributed by atoms with E-state index in [1.807, 2.05) is 49.1 Å². The predicted octanol–water partition coefficient (Wildman–Crippen LogP) is 3.55. The van der Waals surface area contributed by atoms with Crippen molar-refractivity contribution >= 4 is 45.5 Å². The van der Waals surface area contributed by atoms with Gasteiger partial charge in [-0.2, -0.15) is 0 Å².